The Morgan fingerprint density at radius 2 is 2.17 bits per heavy atom. The molecule has 7 heteroatoms. The van der Waals surface area contributed by atoms with Gasteiger partial charge in [0, 0.05) is 42.8 Å². The van der Waals surface area contributed by atoms with Crippen molar-refractivity contribution in [1.29, 1.82) is 0 Å². The van der Waals surface area contributed by atoms with Gasteiger partial charge in [0.15, 0.2) is 0 Å². The van der Waals surface area contributed by atoms with Crippen molar-refractivity contribution in [3.63, 3.8) is 0 Å². The fourth-order valence-corrected chi connectivity index (χ4v) is 5.22. The predicted octanol–water partition coefficient (Wildman–Crippen LogP) is 3.22. The number of hydrogen-bond acceptors (Lipinski definition) is 6. The molecule has 1 aliphatic heterocycles. The van der Waals surface area contributed by atoms with Crippen molar-refractivity contribution in [1.82, 2.24) is 4.90 Å². The molecule has 6 nitrogen and oxygen atoms in total. The highest BCUT2D eigenvalue weighted by Crippen LogP contribution is 2.36. The lowest BCUT2D eigenvalue weighted by Crippen LogP contribution is -2.50. The molecule has 3 rings (SSSR count). The highest BCUT2D eigenvalue weighted by Gasteiger charge is 2.45. The van der Waals surface area contributed by atoms with E-state index in [-0.39, 0.29) is 24.5 Å². The number of allylic oxidation sites excluding steroid dienone is 2. The van der Waals surface area contributed by atoms with Crippen molar-refractivity contribution >= 4 is 17.3 Å². The van der Waals surface area contributed by atoms with Crippen molar-refractivity contribution in [3.05, 3.63) is 34.0 Å². The van der Waals surface area contributed by atoms with Crippen LogP contribution in [0.1, 0.15) is 42.5 Å². The molecule has 1 aromatic heterocycles. The lowest BCUT2D eigenvalue weighted by atomic mass is 9.94. The van der Waals surface area contributed by atoms with Gasteiger partial charge in [-0.25, -0.2) is 0 Å². The Morgan fingerprint density at radius 3 is 2.86 bits per heavy atom. The van der Waals surface area contributed by atoms with Gasteiger partial charge in [0.05, 0.1) is 32.0 Å². The third-order valence-electron chi connectivity index (χ3n) is 5.81. The van der Waals surface area contributed by atoms with E-state index in [9.17, 15) is 9.90 Å². The first-order chi connectivity index (χ1) is 14.0. The minimum absolute atomic E-state index is 0.0175. The monoisotopic (exact) mass is 423 g/mol. The first-order valence-electron chi connectivity index (χ1n) is 10.6. The first kappa shape index (κ1) is 22.4. The second-order valence-corrected chi connectivity index (χ2v) is 9.03. The minimum Gasteiger partial charge on any atom is -0.481 e. The van der Waals surface area contributed by atoms with Gasteiger partial charge in [0.1, 0.15) is 0 Å². The Bertz CT molecular complexity index is 670. The molecule has 2 fully saturated rings. The highest BCUT2D eigenvalue weighted by atomic mass is 32.1. The smallest absolute Gasteiger partial charge is 0.303 e. The average molecular weight is 424 g/mol. The summed E-state index contributed by atoms with van der Waals surface area (Å²) >= 11 is 1.72. The molecule has 0 amide bonds. The number of ether oxygens (including phenoxy) is 2. The zero-order valence-corrected chi connectivity index (χ0v) is 18.0. The molecule has 162 valence electrons. The Hall–Kier alpha value is -1.25. The van der Waals surface area contributed by atoms with E-state index in [1.807, 2.05) is 0 Å². The van der Waals surface area contributed by atoms with Crippen LogP contribution in [0, 0.1) is 12.8 Å². The van der Waals surface area contributed by atoms with E-state index < -0.39 is 12.1 Å². The number of carbonyl (C=O) groups is 1. The van der Waals surface area contributed by atoms with Gasteiger partial charge < -0.3 is 19.7 Å². The van der Waals surface area contributed by atoms with Crippen LogP contribution in [0.5, 0.6) is 0 Å². The number of rotatable bonds is 10. The summed E-state index contributed by atoms with van der Waals surface area (Å²) in [5.41, 5.74) is 1.26. The number of hydrogen-bond donors (Lipinski definition) is 2. The number of aliphatic hydroxyl groups excluding tert-OH is 1. The van der Waals surface area contributed by atoms with Gasteiger partial charge in [-0.3, -0.25) is 9.69 Å². The SMILES string of the molecule is Cc1csc(COC2CC(O)C(N3CCOCC3)C2CC=CCCCC(=O)O)c1. The van der Waals surface area contributed by atoms with E-state index in [0.717, 1.165) is 25.9 Å². The molecule has 4 atom stereocenters. The van der Waals surface area contributed by atoms with Crippen molar-refractivity contribution in [2.45, 2.75) is 63.9 Å². The van der Waals surface area contributed by atoms with Crippen molar-refractivity contribution in [3.8, 4) is 0 Å². The van der Waals surface area contributed by atoms with E-state index >= 15 is 0 Å². The maximum Gasteiger partial charge on any atom is 0.303 e. The van der Waals surface area contributed by atoms with E-state index in [2.05, 4.69) is 35.4 Å². The number of unbranched alkanes of at least 4 members (excludes halogenated alkanes) is 1. The van der Waals surface area contributed by atoms with Gasteiger partial charge in [-0.2, -0.15) is 0 Å². The summed E-state index contributed by atoms with van der Waals surface area (Å²) in [5, 5.41) is 21.7. The van der Waals surface area contributed by atoms with Crippen LogP contribution in [0.2, 0.25) is 0 Å². The number of nitrogens with zero attached hydrogens (tertiary/aromatic N) is 1. The lowest BCUT2D eigenvalue weighted by molar-refractivity contribution is -0.137. The van der Waals surface area contributed by atoms with Gasteiger partial charge >= 0.3 is 5.97 Å². The largest absolute Gasteiger partial charge is 0.481 e. The van der Waals surface area contributed by atoms with E-state index in [0.29, 0.717) is 32.7 Å². The third kappa shape index (κ3) is 6.62. The summed E-state index contributed by atoms with van der Waals surface area (Å²) in [6.45, 7) is 5.78. The van der Waals surface area contributed by atoms with Gasteiger partial charge in [0.25, 0.3) is 0 Å². The molecule has 0 aromatic carbocycles. The summed E-state index contributed by atoms with van der Waals surface area (Å²) in [7, 11) is 0. The number of carboxylic acids is 1. The van der Waals surface area contributed by atoms with Crippen LogP contribution in [0.3, 0.4) is 0 Å². The van der Waals surface area contributed by atoms with Crippen molar-refractivity contribution in [2.24, 2.45) is 5.92 Å². The normalized spacial score (nSPS) is 28.3. The lowest BCUT2D eigenvalue weighted by Gasteiger charge is -2.37. The van der Waals surface area contributed by atoms with Crippen LogP contribution in [-0.2, 0) is 20.9 Å². The Balaban J connectivity index is 1.61. The zero-order chi connectivity index (χ0) is 20.6. The summed E-state index contributed by atoms with van der Waals surface area (Å²) in [4.78, 5) is 14.2. The van der Waals surface area contributed by atoms with E-state index in [4.69, 9.17) is 14.6 Å². The Morgan fingerprint density at radius 1 is 1.38 bits per heavy atom. The molecule has 0 bridgehead atoms. The van der Waals surface area contributed by atoms with Crippen molar-refractivity contribution < 1.29 is 24.5 Å². The molecule has 2 aliphatic rings. The van der Waals surface area contributed by atoms with Crippen LogP contribution in [-0.4, -0.2) is 65.6 Å². The number of morpholine rings is 1. The molecule has 2 heterocycles. The maximum absolute atomic E-state index is 10.8. The fraction of sp³-hybridized carbons (Fsp3) is 0.682. The van der Waals surface area contributed by atoms with Crippen LogP contribution in [0.15, 0.2) is 23.6 Å². The average Bonchev–Trinajstić information content (AvgIpc) is 3.25. The van der Waals surface area contributed by atoms with Crippen LogP contribution >= 0.6 is 11.3 Å². The van der Waals surface area contributed by atoms with Gasteiger partial charge in [0.2, 0.25) is 0 Å². The molecule has 1 aromatic rings. The molecule has 0 spiro atoms. The van der Waals surface area contributed by atoms with Crippen molar-refractivity contribution in [2.75, 3.05) is 26.3 Å². The minimum atomic E-state index is -0.748. The van der Waals surface area contributed by atoms with E-state index in [1.54, 1.807) is 11.3 Å². The maximum atomic E-state index is 10.8. The third-order valence-corrected chi connectivity index (χ3v) is 6.84. The topological polar surface area (TPSA) is 79.2 Å². The van der Waals surface area contributed by atoms with Crippen LogP contribution in [0.25, 0.3) is 0 Å². The number of aliphatic carboxylic acids is 1. The fourth-order valence-electron chi connectivity index (χ4n) is 4.43. The molecular weight excluding hydrogens is 390 g/mol. The second kappa shape index (κ2) is 11.2. The Kier molecular flexibility index (Phi) is 8.68. The number of carboxylic acid groups (broad SMARTS) is 1. The van der Waals surface area contributed by atoms with Gasteiger partial charge in [-0.05, 0) is 43.2 Å². The summed E-state index contributed by atoms with van der Waals surface area (Å²) in [6, 6.07) is 2.24. The molecule has 1 saturated carbocycles. The summed E-state index contributed by atoms with van der Waals surface area (Å²) in [5.74, 6) is -0.526. The summed E-state index contributed by atoms with van der Waals surface area (Å²) in [6.07, 6.45) is 6.96. The quantitative estimate of drug-likeness (QED) is 0.444. The summed E-state index contributed by atoms with van der Waals surface area (Å²) < 4.78 is 11.8. The molecule has 2 N–H and O–H groups in total. The Labute approximate surface area is 177 Å². The van der Waals surface area contributed by atoms with Gasteiger partial charge in [-0.1, -0.05) is 12.2 Å². The molecule has 1 aliphatic carbocycles. The zero-order valence-electron chi connectivity index (χ0n) is 17.2. The van der Waals surface area contributed by atoms with Gasteiger partial charge in [-0.15, -0.1) is 11.3 Å². The number of aliphatic hydroxyl groups is 1. The predicted molar refractivity (Wildman–Crippen MR) is 113 cm³/mol. The van der Waals surface area contributed by atoms with Crippen LogP contribution in [0.4, 0.5) is 0 Å². The van der Waals surface area contributed by atoms with E-state index in [1.165, 1.54) is 10.4 Å². The number of thiophene rings is 1. The second-order valence-electron chi connectivity index (χ2n) is 8.04. The first-order valence-corrected chi connectivity index (χ1v) is 11.4. The molecule has 29 heavy (non-hydrogen) atoms. The standard InChI is InChI=1S/C22H33NO5S/c1-16-12-17(29-15-16)14-28-20-13-19(24)22(23-8-10-27-11-9-23)18(20)6-4-2-3-5-7-21(25)26/h2,4,12,15,18-20,22,24H,3,5-11,13-14H2,1H3,(H,25,26). The molecule has 0 radical (unpaired) electrons. The highest BCUT2D eigenvalue weighted by molar-refractivity contribution is 7.10. The van der Waals surface area contributed by atoms with Crippen LogP contribution < -0.4 is 0 Å². The molecule has 1 saturated heterocycles. The number of aryl methyl sites for hydroxylation is 1. The molecule has 4 unspecified atom stereocenters. The molecular formula is C22H33NO5S.